The van der Waals surface area contributed by atoms with Gasteiger partial charge < -0.3 is 10.6 Å². The van der Waals surface area contributed by atoms with Gasteiger partial charge in [-0.1, -0.05) is 12.1 Å². The van der Waals surface area contributed by atoms with Crippen molar-refractivity contribution in [1.82, 2.24) is 10.6 Å². The molecular formula is C15H22N2O2S. The van der Waals surface area contributed by atoms with Crippen molar-refractivity contribution in [3.8, 4) is 0 Å². The van der Waals surface area contributed by atoms with Gasteiger partial charge in [0.2, 0.25) is 0 Å². The van der Waals surface area contributed by atoms with Gasteiger partial charge in [0, 0.05) is 24.9 Å². The Morgan fingerprint density at radius 2 is 2.00 bits per heavy atom. The van der Waals surface area contributed by atoms with E-state index in [4.69, 9.17) is 0 Å². The first-order valence-electron chi connectivity index (χ1n) is 7.28. The lowest BCUT2D eigenvalue weighted by Gasteiger charge is -2.20. The molecule has 0 amide bonds. The Balaban J connectivity index is 1.49. The summed E-state index contributed by atoms with van der Waals surface area (Å²) in [5.41, 5.74) is 1.13. The Labute approximate surface area is 120 Å². The molecule has 0 saturated carbocycles. The molecule has 2 aliphatic rings. The Morgan fingerprint density at radius 1 is 1.25 bits per heavy atom. The molecular weight excluding hydrogens is 272 g/mol. The van der Waals surface area contributed by atoms with Crippen LogP contribution < -0.4 is 10.6 Å². The maximum Gasteiger partial charge on any atom is 0.175 e. The summed E-state index contributed by atoms with van der Waals surface area (Å²) in [6, 6.07) is 8.61. The number of fused-ring (bicyclic) bond motifs is 2. The second-order valence-corrected chi connectivity index (χ2v) is 8.11. The maximum absolute atomic E-state index is 11.4. The third-order valence-electron chi connectivity index (χ3n) is 4.52. The zero-order valence-electron chi connectivity index (χ0n) is 11.8. The minimum atomic E-state index is -3.09. The molecule has 0 aliphatic carbocycles. The lowest BCUT2D eigenvalue weighted by molar-refractivity contribution is 0.383. The van der Waals surface area contributed by atoms with Crippen LogP contribution >= 0.6 is 0 Å². The highest BCUT2D eigenvalue weighted by atomic mass is 32.2. The topological polar surface area (TPSA) is 58.2 Å². The van der Waals surface area contributed by atoms with E-state index in [-0.39, 0.29) is 0 Å². The van der Waals surface area contributed by atoms with E-state index in [2.05, 4.69) is 10.6 Å². The van der Waals surface area contributed by atoms with Crippen LogP contribution in [0.25, 0.3) is 0 Å². The summed E-state index contributed by atoms with van der Waals surface area (Å²) in [4.78, 5) is 0.388. The Kier molecular flexibility index (Phi) is 3.84. The molecule has 0 radical (unpaired) electrons. The largest absolute Gasteiger partial charge is 0.312 e. The van der Waals surface area contributed by atoms with E-state index < -0.39 is 9.84 Å². The fourth-order valence-electron chi connectivity index (χ4n) is 3.42. The van der Waals surface area contributed by atoms with Crippen molar-refractivity contribution >= 4 is 9.84 Å². The monoisotopic (exact) mass is 294 g/mol. The lowest BCUT2D eigenvalue weighted by Crippen LogP contribution is -2.31. The summed E-state index contributed by atoms with van der Waals surface area (Å²) >= 11 is 0. The highest BCUT2D eigenvalue weighted by Crippen LogP contribution is 2.32. The average molecular weight is 294 g/mol. The van der Waals surface area contributed by atoms with Crippen LogP contribution in [0.5, 0.6) is 0 Å². The van der Waals surface area contributed by atoms with Crippen molar-refractivity contribution in [2.24, 2.45) is 5.92 Å². The van der Waals surface area contributed by atoms with E-state index in [1.54, 1.807) is 12.1 Å². The maximum atomic E-state index is 11.4. The molecule has 1 aromatic carbocycles. The van der Waals surface area contributed by atoms with Gasteiger partial charge in [0.05, 0.1) is 4.90 Å². The van der Waals surface area contributed by atoms with Gasteiger partial charge in [0.1, 0.15) is 0 Å². The minimum Gasteiger partial charge on any atom is -0.312 e. The number of hydrogen-bond acceptors (Lipinski definition) is 4. The number of hydrogen-bond donors (Lipinski definition) is 2. The van der Waals surface area contributed by atoms with Gasteiger partial charge in [0.25, 0.3) is 0 Å². The smallest absolute Gasteiger partial charge is 0.175 e. The van der Waals surface area contributed by atoms with Crippen molar-refractivity contribution in [3.05, 3.63) is 29.8 Å². The van der Waals surface area contributed by atoms with Crippen molar-refractivity contribution < 1.29 is 8.42 Å². The van der Waals surface area contributed by atoms with E-state index in [9.17, 15) is 8.42 Å². The van der Waals surface area contributed by atoms with E-state index in [1.165, 1.54) is 25.5 Å². The molecule has 3 atom stereocenters. The first-order chi connectivity index (χ1) is 9.52. The normalized spacial score (nSPS) is 28.9. The number of benzene rings is 1. The second kappa shape index (κ2) is 5.47. The highest BCUT2D eigenvalue weighted by molar-refractivity contribution is 7.90. The van der Waals surface area contributed by atoms with Crippen LogP contribution in [0, 0.1) is 5.92 Å². The summed E-state index contributed by atoms with van der Waals surface area (Å²) in [6.45, 7) is 1.85. The van der Waals surface area contributed by atoms with Crippen molar-refractivity contribution in [3.63, 3.8) is 0 Å². The predicted molar refractivity (Wildman–Crippen MR) is 79.3 cm³/mol. The minimum absolute atomic E-state index is 0.388. The molecule has 5 heteroatoms. The zero-order chi connectivity index (χ0) is 14.2. The lowest BCUT2D eigenvalue weighted by atomic mass is 9.89. The fourth-order valence-corrected chi connectivity index (χ4v) is 4.05. The van der Waals surface area contributed by atoms with E-state index >= 15 is 0 Å². The zero-order valence-corrected chi connectivity index (χ0v) is 12.6. The van der Waals surface area contributed by atoms with Crippen LogP contribution in [0.1, 0.15) is 24.8 Å². The number of sulfone groups is 1. The molecule has 3 unspecified atom stereocenters. The predicted octanol–water partition coefficient (Wildman–Crippen LogP) is 1.32. The van der Waals surface area contributed by atoms with Crippen molar-refractivity contribution in [1.29, 1.82) is 0 Å². The van der Waals surface area contributed by atoms with Gasteiger partial charge in [0.15, 0.2) is 9.84 Å². The van der Waals surface area contributed by atoms with Crippen LogP contribution in [-0.2, 0) is 16.4 Å². The van der Waals surface area contributed by atoms with Crippen LogP contribution in [0.3, 0.4) is 0 Å². The molecule has 2 saturated heterocycles. The van der Waals surface area contributed by atoms with Gasteiger partial charge in [-0.2, -0.15) is 0 Å². The van der Waals surface area contributed by atoms with Crippen LogP contribution in [0.2, 0.25) is 0 Å². The van der Waals surface area contributed by atoms with Gasteiger partial charge in [-0.15, -0.1) is 0 Å². The summed E-state index contributed by atoms with van der Waals surface area (Å²) in [5.74, 6) is 0.754. The molecule has 1 aromatic rings. The van der Waals surface area contributed by atoms with E-state index in [0.29, 0.717) is 10.9 Å². The van der Waals surface area contributed by atoms with Gasteiger partial charge in [-0.05, 0) is 49.4 Å². The molecule has 2 fully saturated rings. The van der Waals surface area contributed by atoms with Crippen LogP contribution in [0.4, 0.5) is 0 Å². The highest BCUT2D eigenvalue weighted by Gasteiger charge is 2.38. The molecule has 20 heavy (non-hydrogen) atoms. The molecule has 2 bridgehead atoms. The third-order valence-corrected chi connectivity index (χ3v) is 5.65. The van der Waals surface area contributed by atoms with Crippen LogP contribution in [0.15, 0.2) is 29.2 Å². The number of rotatable bonds is 5. The van der Waals surface area contributed by atoms with Crippen LogP contribution in [-0.4, -0.2) is 33.3 Å². The van der Waals surface area contributed by atoms with Gasteiger partial charge in [-0.3, -0.25) is 0 Å². The summed E-state index contributed by atoms with van der Waals surface area (Å²) in [5, 5.41) is 7.14. The molecule has 2 N–H and O–H groups in total. The SMILES string of the molecule is CS(=O)(=O)c1ccc(CNCC2CC3CCC2N3)cc1. The standard InChI is InChI=1S/C15H22N2O2S/c1-20(18,19)14-5-2-11(3-6-14)9-16-10-12-8-13-4-7-15(12)17-13/h2-3,5-6,12-13,15-17H,4,7-10H2,1H3. The first-order valence-corrected chi connectivity index (χ1v) is 9.17. The quantitative estimate of drug-likeness (QED) is 0.860. The molecule has 0 aromatic heterocycles. The van der Waals surface area contributed by atoms with E-state index in [0.717, 1.165) is 30.6 Å². The summed E-state index contributed by atoms with van der Waals surface area (Å²) < 4.78 is 22.8. The molecule has 2 aliphatic heterocycles. The van der Waals surface area contributed by atoms with Gasteiger partial charge >= 0.3 is 0 Å². The van der Waals surface area contributed by atoms with Crippen molar-refractivity contribution in [2.45, 2.75) is 42.8 Å². The first kappa shape index (κ1) is 14.0. The number of nitrogens with one attached hydrogen (secondary N) is 2. The molecule has 4 nitrogen and oxygen atoms in total. The molecule has 3 rings (SSSR count). The Morgan fingerprint density at radius 3 is 2.55 bits per heavy atom. The molecule has 110 valence electrons. The summed E-state index contributed by atoms with van der Waals surface area (Å²) in [6.07, 6.45) is 5.20. The van der Waals surface area contributed by atoms with Gasteiger partial charge in [-0.25, -0.2) is 8.42 Å². The average Bonchev–Trinajstić information content (AvgIpc) is 3.00. The Bertz CT molecular complexity index is 568. The van der Waals surface area contributed by atoms with E-state index in [1.807, 2.05) is 12.1 Å². The second-order valence-electron chi connectivity index (χ2n) is 6.09. The third kappa shape index (κ3) is 3.05. The molecule has 0 spiro atoms. The Hall–Kier alpha value is -0.910. The summed E-state index contributed by atoms with van der Waals surface area (Å²) in [7, 11) is -3.09. The fraction of sp³-hybridized carbons (Fsp3) is 0.600. The molecule has 2 heterocycles. The van der Waals surface area contributed by atoms with Crippen molar-refractivity contribution in [2.75, 3.05) is 12.8 Å².